The van der Waals surface area contributed by atoms with Gasteiger partial charge in [-0.1, -0.05) is 53.5 Å². The molecule has 2 atom stereocenters. The quantitative estimate of drug-likeness (QED) is 0.270. The predicted molar refractivity (Wildman–Crippen MR) is 142 cm³/mol. The Bertz CT molecular complexity index is 1190. The molecule has 3 aromatic carbocycles. The van der Waals surface area contributed by atoms with E-state index in [-0.39, 0.29) is 11.4 Å². The van der Waals surface area contributed by atoms with Crippen LogP contribution >= 0.6 is 23.2 Å². The van der Waals surface area contributed by atoms with Crippen molar-refractivity contribution >= 4 is 41.2 Å². The van der Waals surface area contributed by atoms with Gasteiger partial charge in [-0.25, -0.2) is 5.43 Å². The van der Waals surface area contributed by atoms with E-state index in [0.717, 1.165) is 16.9 Å². The summed E-state index contributed by atoms with van der Waals surface area (Å²) in [6.45, 7) is 4.06. The topological polar surface area (TPSA) is 89.0 Å². The van der Waals surface area contributed by atoms with Crippen molar-refractivity contribution in [1.82, 2.24) is 10.7 Å². The SMILES string of the molecule is CCOc1ccc(/C=N\NC(=O)[C@H](Cc2ccccc2)NC(=O)[C@@H](C)Oc2ccc(Cl)cc2Cl)cc1. The van der Waals surface area contributed by atoms with Crippen LogP contribution in [0.1, 0.15) is 25.0 Å². The summed E-state index contributed by atoms with van der Waals surface area (Å²) < 4.78 is 11.1. The van der Waals surface area contributed by atoms with Crippen molar-refractivity contribution in [3.05, 3.63) is 94.0 Å². The second-order valence-corrected chi connectivity index (χ2v) is 8.67. The summed E-state index contributed by atoms with van der Waals surface area (Å²) in [5.41, 5.74) is 4.17. The smallest absolute Gasteiger partial charge is 0.262 e. The highest BCUT2D eigenvalue weighted by Crippen LogP contribution is 2.28. The number of nitrogens with zero attached hydrogens (tertiary/aromatic N) is 1. The number of carbonyl (C=O) groups is 2. The van der Waals surface area contributed by atoms with E-state index in [1.807, 2.05) is 61.5 Å². The number of hydrogen-bond donors (Lipinski definition) is 2. The summed E-state index contributed by atoms with van der Waals surface area (Å²) in [5, 5.41) is 7.53. The molecule has 0 saturated heterocycles. The number of rotatable bonds is 11. The van der Waals surface area contributed by atoms with Crippen LogP contribution in [0.5, 0.6) is 11.5 Å². The molecule has 0 heterocycles. The van der Waals surface area contributed by atoms with Crippen molar-refractivity contribution in [1.29, 1.82) is 0 Å². The Hall–Kier alpha value is -3.55. The molecule has 0 saturated carbocycles. The molecule has 2 N–H and O–H groups in total. The average molecular weight is 528 g/mol. The Balaban J connectivity index is 1.66. The molecule has 3 aromatic rings. The van der Waals surface area contributed by atoms with E-state index in [9.17, 15) is 9.59 Å². The summed E-state index contributed by atoms with van der Waals surface area (Å²) in [6.07, 6.45) is 0.872. The van der Waals surface area contributed by atoms with Crippen LogP contribution in [0, 0.1) is 0 Å². The second kappa shape index (κ2) is 13.5. The van der Waals surface area contributed by atoms with Crippen molar-refractivity contribution < 1.29 is 19.1 Å². The van der Waals surface area contributed by atoms with Gasteiger partial charge in [0.1, 0.15) is 17.5 Å². The maximum atomic E-state index is 12.9. The molecule has 0 radical (unpaired) electrons. The first kappa shape index (κ1) is 27.0. The molecule has 2 amide bonds. The lowest BCUT2D eigenvalue weighted by molar-refractivity contribution is -0.132. The zero-order valence-electron chi connectivity index (χ0n) is 19.9. The Labute approximate surface area is 220 Å². The summed E-state index contributed by atoms with van der Waals surface area (Å²) in [5.74, 6) is 0.118. The van der Waals surface area contributed by atoms with Gasteiger partial charge in [-0.05, 0) is 67.4 Å². The lowest BCUT2D eigenvalue weighted by atomic mass is 10.1. The first-order chi connectivity index (χ1) is 17.4. The first-order valence-electron chi connectivity index (χ1n) is 11.4. The third kappa shape index (κ3) is 8.29. The van der Waals surface area contributed by atoms with Gasteiger partial charge in [0.2, 0.25) is 0 Å². The van der Waals surface area contributed by atoms with Gasteiger partial charge in [0.05, 0.1) is 17.8 Å². The monoisotopic (exact) mass is 527 g/mol. The van der Waals surface area contributed by atoms with Crippen molar-refractivity contribution in [3.63, 3.8) is 0 Å². The number of hydrogen-bond acceptors (Lipinski definition) is 5. The number of benzene rings is 3. The van der Waals surface area contributed by atoms with Gasteiger partial charge >= 0.3 is 0 Å². The van der Waals surface area contributed by atoms with Crippen molar-refractivity contribution in [3.8, 4) is 11.5 Å². The predicted octanol–water partition coefficient (Wildman–Crippen LogP) is 5.04. The maximum Gasteiger partial charge on any atom is 0.262 e. The normalized spacial score (nSPS) is 12.6. The molecule has 7 nitrogen and oxygen atoms in total. The lowest BCUT2D eigenvalue weighted by Gasteiger charge is -2.21. The van der Waals surface area contributed by atoms with Gasteiger partial charge in [-0.3, -0.25) is 9.59 Å². The Morgan fingerprint density at radius 1 is 1.00 bits per heavy atom. The summed E-state index contributed by atoms with van der Waals surface area (Å²) in [4.78, 5) is 25.8. The standard InChI is InChI=1S/C27H27Cl2N3O4/c1-3-35-22-12-9-20(10-13-22)17-30-32-27(34)24(15-19-7-5-4-6-8-19)31-26(33)18(2)36-25-14-11-21(28)16-23(25)29/h4-14,16-18,24H,3,15H2,1-2H3,(H,31,33)(H,32,34)/b30-17-/t18-,24+/m1/s1. The van der Waals surface area contributed by atoms with Gasteiger partial charge in [0.15, 0.2) is 6.10 Å². The minimum atomic E-state index is -0.915. The Morgan fingerprint density at radius 2 is 1.72 bits per heavy atom. The van der Waals surface area contributed by atoms with Gasteiger partial charge in [-0.15, -0.1) is 0 Å². The fourth-order valence-electron chi connectivity index (χ4n) is 3.23. The van der Waals surface area contributed by atoms with Crippen LogP contribution in [0.4, 0.5) is 0 Å². The molecular formula is C27H27Cl2N3O4. The van der Waals surface area contributed by atoms with E-state index < -0.39 is 24.0 Å². The van der Waals surface area contributed by atoms with Crippen LogP contribution in [-0.2, 0) is 16.0 Å². The minimum absolute atomic E-state index is 0.269. The fraction of sp³-hybridized carbons (Fsp3) is 0.222. The van der Waals surface area contributed by atoms with Gasteiger partial charge in [-0.2, -0.15) is 5.10 Å². The number of nitrogens with one attached hydrogen (secondary N) is 2. The number of hydrazone groups is 1. The van der Waals surface area contributed by atoms with E-state index in [0.29, 0.717) is 17.4 Å². The molecule has 0 aliphatic heterocycles. The van der Waals surface area contributed by atoms with E-state index in [1.54, 1.807) is 19.1 Å². The first-order valence-corrected chi connectivity index (χ1v) is 12.1. The highest BCUT2D eigenvalue weighted by atomic mass is 35.5. The summed E-state index contributed by atoms with van der Waals surface area (Å²) in [6, 6.07) is 20.5. The molecule has 9 heteroatoms. The zero-order valence-corrected chi connectivity index (χ0v) is 21.4. The second-order valence-electron chi connectivity index (χ2n) is 7.82. The largest absolute Gasteiger partial charge is 0.494 e. The number of halogens is 2. The summed E-state index contributed by atoms with van der Waals surface area (Å²) in [7, 11) is 0. The van der Waals surface area contributed by atoms with Crippen LogP contribution in [0.3, 0.4) is 0 Å². The van der Waals surface area contributed by atoms with E-state index in [2.05, 4.69) is 15.8 Å². The van der Waals surface area contributed by atoms with Crippen LogP contribution in [0.25, 0.3) is 0 Å². The molecule has 188 valence electrons. The number of amides is 2. The Kier molecular flexibility index (Phi) is 10.2. The highest BCUT2D eigenvalue weighted by Gasteiger charge is 2.25. The fourth-order valence-corrected chi connectivity index (χ4v) is 3.68. The Morgan fingerprint density at radius 3 is 2.39 bits per heavy atom. The molecule has 0 aliphatic carbocycles. The van der Waals surface area contributed by atoms with E-state index in [4.69, 9.17) is 32.7 Å². The zero-order chi connectivity index (χ0) is 25.9. The molecule has 0 aromatic heterocycles. The number of carbonyl (C=O) groups excluding carboxylic acids is 2. The van der Waals surface area contributed by atoms with Crippen molar-refractivity contribution in [2.45, 2.75) is 32.4 Å². The third-order valence-corrected chi connectivity index (χ3v) is 5.59. The molecule has 0 aliphatic rings. The lowest BCUT2D eigenvalue weighted by Crippen LogP contribution is -2.50. The minimum Gasteiger partial charge on any atom is -0.494 e. The molecule has 0 spiro atoms. The van der Waals surface area contributed by atoms with Crippen LogP contribution < -0.4 is 20.2 Å². The number of ether oxygens (including phenoxy) is 2. The summed E-state index contributed by atoms with van der Waals surface area (Å²) >= 11 is 12.1. The van der Waals surface area contributed by atoms with Crippen molar-refractivity contribution in [2.24, 2.45) is 5.10 Å². The van der Waals surface area contributed by atoms with Crippen LogP contribution in [0.2, 0.25) is 10.0 Å². The molecule has 36 heavy (non-hydrogen) atoms. The van der Waals surface area contributed by atoms with Gasteiger partial charge < -0.3 is 14.8 Å². The van der Waals surface area contributed by atoms with Crippen LogP contribution in [0.15, 0.2) is 77.9 Å². The third-order valence-electron chi connectivity index (χ3n) is 5.06. The maximum absolute atomic E-state index is 12.9. The van der Waals surface area contributed by atoms with Gasteiger partial charge in [0, 0.05) is 11.4 Å². The van der Waals surface area contributed by atoms with Crippen molar-refractivity contribution in [2.75, 3.05) is 6.61 Å². The molecule has 0 fully saturated rings. The van der Waals surface area contributed by atoms with Crippen LogP contribution in [-0.4, -0.2) is 36.8 Å². The molecule has 3 rings (SSSR count). The van der Waals surface area contributed by atoms with Gasteiger partial charge in [0.25, 0.3) is 11.8 Å². The highest BCUT2D eigenvalue weighted by molar-refractivity contribution is 6.35. The van der Waals surface area contributed by atoms with E-state index in [1.165, 1.54) is 12.3 Å². The molecule has 0 bridgehead atoms. The molecule has 0 unspecified atom stereocenters. The average Bonchev–Trinajstić information content (AvgIpc) is 2.87. The van der Waals surface area contributed by atoms with E-state index >= 15 is 0 Å². The molecular weight excluding hydrogens is 501 g/mol.